The molecule has 0 spiro atoms. The van der Waals surface area contributed by atoms with Crippen molar-refractivity contribution in [2.75, 3.05) is 0 Å². The first-order valence-electron chi connectivity index (χ1n) is 15.9. The molecule has 0 saturated heterocycles. The summed E-state index contributed by atoms with van der Waals surface area (Å²) in [7, 11) is 0. The van der Waals surface area contributed by atoms with E-state index in [1.807, 2.05) is 0 Å². The van der Waals surface area contributed by atoms with Gasteiger partial charge in [0.1, 0.15) is 0 Å². The van der Waals surface area contributed by atoms with Gasteiger partial charge in [0.05, 0.1) is 0 Å². The van der Waals surface area contributed by atoms with Gasteiger partial charge in [0, 0.05) is 0 Å². The van der Waals surface area contributed by atoms with Crippen molar-refractivity contribution in [3.8, 4) is 22.3 Å². The van der Waals surface area contributed by atoms with Gasteiger partial charge in [0.25, 0.3) is 0 Å². The van der Waals surface area contributed by atoms with Gasteiger partial charge >= 0.3 is 0 Å². The van der Waals surface area contributed by atoms with Gasteiger partial charge in [0.2, 0.25) is 0 Å². The van der Waals surface area contributed by atoms with Gasteiger partial charge in [-0.15, -0.1) is 0 Å². The highest BCUT2D eigenvalue weighted by Crippen LogP contribution is 2.39. The highest BCUT2D eigenvalue weighted by atomic mass is 14.2. The summed E-state index contributed by atoms with van der Waals surface area (Å²) in [6, 6.07) is 33.4. The second-order valence-electron chi connectivity index (χ2n) is 13.2. The molecule has 2 aliphatic rings. The van der Waals surface area contributed by atoms with Crippen LogP contribution in [0.1, 0.15) is 44.5 Å². The van der Waals surface area contributed by atoms with Gasteiger partial charge in [-0.2, -0.15) is 0 Å². The molecule has 0 heterocycles. The third-order valence-corrected chi connectivity index (χ3v) is 10.2. The van der Waals surface area contributed by atoms with Crippen LogP contribution in [-0.4, -0.2) is 0 Å². The number of hydrogen-bond donors (Lipinski definition) is 0. The monoisotopic (exact) mass is 562 g/mol. The third kappa shape index (κ3) is 3.91. The van der Waals surface area contributed by atoms with Crippen LogP contribution in [0.2, 0.25) is 0 Å². The zero-order valence-corrected chi connectivity index (χ0v) is 25.8. The van der Waals surface area contributed by atoms with E-state index in [2.05, 4.69) is 137 Å². The molecule has 210 valence electrons. The Labute approximate surface area is 259 Å². The Balaban J connectivity index is 1.15. The summed E-state index contributed by atoms with van der Waals surface area (Å²) in [6.45, 7) is 9.07. The highest BCUT2D eigenvalue weighted by molar-refractivity contribution is 6.03. The first kappa shape index (κ1) is 25.5. The zero-order valence-electron chi connectivity index (χ0n) is 25.8. The number of fused-ring (bicyclic) bond motifs is 6. The number of benzene rings is 7. The summed E-state index contributed by atoms with van der Waals surface area (Å²) in [4.78, 5) is 0. The molecule has 0 aromatic heterocycles. The van der Waals surface area contributed by atoms with Crippen LogP contribution in [0.15, 0.2) is 97.1 Å². The van der Waals surface area contributed by atoms with Crippen LogP contribution in [0, 0.1) is 27.7 Å². The standard InChI is InChI=1S/C44H34/c1-25-11-33-19-35-15-29-7-5-9-31(29)17-37(35)21-39(33)23-43(25)41-13-28(4)42(14-27(41)3)44-24-40-22-38-18-32-10-6-8-30(32)16-36(38)20-34(40)12-26(44)2/h5-6,9-24H,7-8H2,1-4H3. The number of hydrogen-bond acceptors (Lipinski definition) is 0. The molecule has 0 nitrogen and oxygen atoms in total. The van der Waals surface area contributed by atoms with Crippen LogP contribution < -0.4 is 0 Å². The van der Waals surface area contributed by atoms with Crippen LogP contribution in [0.5, 0.6) is 0 Å². The Kier molecular flexibility index (Phi) is 5.39. The van der Waals surface area contributed by atoms with Crippen molar-refractivity contribution in [1.29, 1.82) is 0 Å². The second-order valence-corrected chi connectivity index (χ2v) is 13.2. The molecule has 0 heteroatoms. The molecule has 7 aromatic carbocycles. The largest absolute Gasteiger partial charge is 0.0795 e. The summed E-state index contributed by atoms with van der Waals surface area (Å²) >= 11 is 0. The van der Waals surface area contributed by atoms with E-state index in [1.165, 1.54) is 110 Å². The lowest BCUT2D eigenvalue weighted by Crippen LogP contribution is -1.94. The van der Waals surface area contributed by atoms with E-state index >= 15 is 0 Å². The van der Waals surface area contributed by atoms with Gasteiger partial charge in [-0.1, -0.05) is 60.7 Å². The van der Waals surface area contributed by atoms with E-state index in [4.69, 9.17) is 0 Å². The molecule has 0 atom stereocenters. The molecule has 9 rings (SSSR count). The SMILES string of the molecule is Cc1cc(-c2cc3cc4cc5c(cc4cc3cc2C)CC=C5)c(C)cc1-c1cc2cc3cc4c(cc3cc2cc1C)CC=C4. The van der Waals surface area contributed by atoms with E-state index in [9.17, 15) is 0 Å². The van der Waals surface area contributed by atoms with Crippen molar-refractivity contribution >= 4 is 55.2 Å². The summed E-state index contributed by atoms with van der Waals surface area (Å²) in [5.41, 5.74) is 16.2. The van der Waals surface area contributed by atoms with Gasteiger partial charge in [0.15, 0.2) is 0 Å². The van der Waals surface area contributed by atoms with Crippen LogP contribution in [0.25, 0.3) is 77.5 Å². The molecule has 0 bridgehead atoms. The second kappa shape index (κ2) is 9.28. The Morgan fingerprint density at radius 1 is 0.318 bits per heavy atom. The lowest BCUT2D eigenvalue weighted by atomic mass is 9.87. The maximum Gasteiger partial charge on any atom is -0.00880 e. The fourth-order valence-electron chi connectivity index (χ4n) is 7.83. The quantitative estimate of drug-likeness (QED) is 0.184. The predicted molar refractivity (Wildman–Crippen MR) is 192 cm³/mol. The van der Waals surface area contributed by atoms with Crippen molar-refractivity contribution in [1.82, 2.24) is 0 Å². The molecule has 0 aliphatic heterocycles. The number of aryl methyl sites for hydroxylation is 4. The Hall–Kier alpha value is -4.94. The van der Waals surface area contributed by atoms with Crippen molar-refractivity contribution in [3.05, 3.63) is 142 Å². The van der Waals surface area contributed by atoms with Crippen LogP contribution in [0.4, 0.5) is 0 Å². The average Bonchev–Trinajstić information content (AvgIpc) is 3.66. The fourth-order valence-corrected chi connectivity index (χ4v) is 7.83. The molecule has 0 radical (unpaired) electrons. The van der Waals surface area contributed by atoms with Gasteiger partial charge in [-0.05, 0) is 199 Å². The Morgan fingerprint density at radius 3 is 1.07 bits per heavy atom. The Bertz CT molecular complexity index is 2290. The lowest BCUT2D eigenvalue weighted by Gasteiger charge is -2.18. The maximum atomic E-state index is 2.41. The summed E-state index contributed by atoms with van der Waals surface area (Å²) in [5, 5.41) is 10.6. The minimum absolute atomic E-state index is 1.05. The van der Waals surface area contributed by atoms with Crippen molar-refractivity contribution in [2.24, 2.45) is 0 Å². The normalized spacial score (nSPS) is 13.5. The van der Waals surface area contributed by atoms with E-state index in [-0.39, 0.29) is 0 Å². The van der Waals surface area contributed by atoms with Crippen molar-refractivity contribution in [2.45, 2.75) is 40.5 Å². The molecule has 0 N–H and O–H groups in total. The first-order valence-corrected chi connectivity index (χ1v) is 15.9. The summed E-state index contributed by atoms with van der Waals surface area (Å²) in [6.07, 6.45) is 11.1. The van der Waals surface area contributed by atoms with Crippen molar-refractivity contribution in [3.63, 3.8) is 0 Å². The smallest absolute Gasteiger partial charge is 0.00880 e. The Morgan fingerprint density at radius 2 is 0.636 bits per heavy atom. The average molecular weight is 563 g/mol. The first-order chi connectivity index (χ1) is 21.4. The molecule has 0 saturated carbocycles. The molecule has 0 amide bonds. The number of allylic oxidation sites excluding steroid dienone is 2. The van der Waals surface area contributed by atoms with Crippen molar-refractivity contribution < 1.29 is 0 Å². The molecular formula is C44H34. The molecule has 2 aliphatic carbocycles. The van der Waals surface area contributed by atoms with Crippen LogP contribution in [-0.2, 0) is 12.8 Å². The van der Waals surface area contributed by atoms with E-state index in [1.54, 1.807) is 0 Å². The fraction of sp³-hybridized carbons (Fsp3) is 0.136. The van der Waals surface area contributed by atoms with Gasteiger partial charge in [-0.25, -0.2) is 0 Å². The lowest BCUT2D eigenvalue weighted by molar-refractivity contribution is 1.32. The van der Waals surface area contributed by atoms with Crippen LogP contribution in [0.3, 0.4) is 0 Å². The van der Waals surface area contributed by atoms with Gasteiger partial charge < -0.3 is 0 Å². The molecule has 0 fully saturated rings. The third-order valence-electron chi connectivity index (χ3n) is 10.2. The molecular weight excluding hydrogens is 528 g/mol. The highest BCUT2D eigenvalue weighted by Gasteiger charge is 2.15. The van der Waals surface area contributed by atoms with E-state index < -0.39 is 0 Å². The molecule has 44 heavy (non-hydrogen) atoms. The van der Waals surface area contributed by atoms with Crippen LogP contribution >= 0.6 is 0 Å². The molecule has 0 unspecified atom stereocenters. The van der Waals surface area contributed by atoms with E-state index in [0.717, 1.165) is 12.8 Å². The summed E-state index contributed by atoms with van der Waals surface area (Å²) < 4.78 is 0. The van der Waals surface area contributed by atoms with Gasteiger partial charge in [-0.3, -0.25) is 0 Å². The minimum atomic E-state index is 1.05. The number of rotatable bonds is 2. The minimum Gasteiger partial charge on any atom is -0.0795 e. The topological polar surface area (TPSA) is 0 Å². The molecule has 7 aromatic rings. The predicted octanol–water partition coefficient (Wildman–Crippen LogP) is 12.0. The zero-order chi connectivity index (χ0) is 29.7. The summed E-state index contributed by atoms with van der Waals surface area (Å²) in [5.74, 6) is 0. The van der Waals surface area contributed by atoms with E-state index in [0.29, 0.717) is 0 Å². The maximum absolute atomic E-state index is 2.41.